The lowest BCUT2D eigenvalue weighted by atomic mass is 9.87. The highest BCUT2D eigenvalue weighted by Crippen LogP contribution is 2.63. The molecule has 2 N–H and O–H groups in total. The molecule has 1 unspecified atom stereocenters. The predicted molar refractivity (Wildman–Crippen MR) is 90.3 cm³/mol. The number of esters is 1. The van der Waals surface area contributed by atoms with Gasteiger partial charge in [-0.3, -0.25) is 14.6 Å². The number of rotatable bonds is 7. The van der Waals surface area contributed by atoms with Crippen molar-refractivity contribution in [2.24, 2.45) is 5.41 Å². The molecule has 9 nitrogen and oxygen atoms in total. The van der Waals surface area contributed by atoms with Crippen molar-refractivity contribution in [1.29, 1.82) is 0 Å². The van der Waals surface area contributed by atoms with Crippen LogP contribution in [-0.2, 0) is 34.5 Å². The van der Waals surface area contributed by atoms with Crippen molar-refractivity contribution in [3.8, 4) is 0 Å². The molecule has 0 spiro atoms. The average molecular weight is 393 g/mol. The van der Waals surface area contributed by atoms with Crippen molar-refractivity contribution in [3.63, 3.8) is 0 Å². The van der Waals surface area contributed by atoms with Crippen LogP contribution in [0.1, 0.15) is 25.1 Å². The van der Waals surface area contributed by atoms with Crippen LogP contribution in [0.15, 0.2) is 11.7 Å². The third-order valence-electron chi connectivity index (χ3n) is 3.50. The normalized spacial score (nSPS) is 25.4. The quantitative estimate of drug-likeness (QED) is 0.528. The van der Waals surface area contributed by atoms with Crippen LogP contribution in [0.25, 0.3) is 0 Å². The van der Waals surface area contributed by atoms with Gasteiger partial charge in [0.2, 0.25) is 0 Å². The zero-order valence-electron chi connectivity index (χ0n) is 14.3. The van der Waals surface area contributed by atoms with Crippen LogP contribution in [0.5, 0.6) is 0 Å². The molecule has 140 valence electrons. The number of amides is 1. The van der Waals surface area contributed by atoms with E-state index in [2.05, 4.69) is 10.3 Å². The summed E-state index contributed by atoms with van der Waals surface area (Å²) in [4.78, 5) is 38.7. The Bertz CT molecular complexity index is 598. The zero-order valence-corrected chi connectivity index (χ0v) is 16.0. The molecule has 0 aliphatic carbocycles. The summed E-state index contributed by atoms with van der Waals surface area (Å²) in [6.45, 7) is 3.93. The Balaban J connectivity index is 1.77. The van der Waals surface area contributed by atoms with Crippen LogP contribution in [0.3, 0.4) is 0 Å². The average Bonchev–Trinajstić information content (AvgIpc) is 3.09. The third-order valence-corrected chi connectivity index (χ3v) is 5.65. The van der Waals surface area contributed by atoms with Gasteiger partial charge in [-0.25, -0.2) is 0 Å². The number of carbonyl (C=O) groups excluding carboxylic acids is 2. The molecule has 2 atom stereocenters. The standard InChI is InChI=1S/C14H21N2O7PS/c1-14(2)8-22-24(19,20-3)23-12(14)13(18)16-5-4-11(17)21-7-10-6-15-9-25-10/h6,9,12,19H,4-5,7-8H2,1-3H3/p+1/t12-,24?/m0/s1. The van der Waals surface area contributed by atoms with E-state index in [-0.39, 0.29) is 26.2 Å². The SMILES string of the molecule is CO[P+]1(O)OCC(C)(C)[C@H](C(=O)NCCC(=O)OCc2cncs2)O1. The Kier molecular flexibility index (Phi) is 6.84. The Labute approximate surface area is 150 Å². The van der Waals surface area contributed by atoms with Crippen molar-refractivity contribution in [1.82, 2.24) is 10.3 Å². The molecule has 0 radical (unpaired) electrons. The summed E-state index contributed by atoms with van der Waals surface area (Å²) in [6.07, 6.45) is 0.704. The van der Waals surface area contributed by atoms with E-state index < -0.39 is 31.6 Å². The summed E-state index contributed by atoms with van der Waals surface area (Å²) < 4.78 is 20.4. The number of hydrogen-bond acceptors (Lipinski definition) is 9. The second-order valence-electron chi connectivity index (χ2n) is 6.07. The van der Waals surface area contributed by atoms with Crippen molar-refractivity contribution in [2.75, 3.05) is 20.3 Å². The van der Waals surface area contributed by atoms with E-state index in [0.717, 1.165) is 4.88 Å². The molecule has 1 fully saturated rings. The van der Waals surface area contributed by atoms with E-state index in [1.165, 1.54) is 18.4 Å². The number of aromatic nitrogens is 1. The molecule has 11 heteroatoms. The van der Waals surface area contributed by atoms with Crippen molar-refractivity contribution < 1.29 is 32.8 Å². The van der Waals surface area contributed by atoms with E-state index in [0.29, 0.717) is 0 Å². The lowest BCUT2D eigenvalue weighted by Crippen LogP contribution is -2.50. The highest BCUT2D eigenvalue weighted by molar-refractivity contribution is 7.55. The van der Waals surface area contributed by atoms with Gasteiger partial charge in [-0.05, 0) is 0 Å². The fourth-order valence-electron chi connectivity index (χ4n) is 2.05. The number of ether oxygens (including phenoxy) is 1. The molecule has 0 aromatic carbocycles. The van der Waals surface area contributed by atoms with Crippen LogP contribution in [-0.4, -0.2) is 48.1 Å². The highest BCUT2D eigenvalue weighted by atomic mass is 32.1. The summed E-state index contributed by atoms with van der Waals surface area (Å²) in [5.74, 6) is -0.874. The van der Waals surface area contributed by atoms with E-state index >= 15 is 0 Å². The molecule has 1 aromatic heterocycles. The molecular weight excluding hydrogens is 371 g/mol. The Morgan fingerprint density at radius 1 is 1.56 bits per heavy atom. The van der Waals surface area contributed by atoms with Crippen LogP contribution in [0, 0.1) is 5.41 Å². The largest absolute Gasteiger partial charge is 0.573 e. The number of nitrogens with one attached hydrogen (secondary N) is 1. The maximum Gasteiger partial charge on any atom is 0.573 e. The predicted octanol–water partition coefficient (Wildman–Crippen LogP) is 1.45. The lowest BCUT2D eigenvalue weighted by Gasteiger charge is -2.35. The minimum Gasteiger partial charge on any atom is -0.460 e. The summed E-state index contributed by atoms with van der Waals surface area (Å²) in [5, 5.41) is 2.62. The fraction of sp³-hybridized carbons (Fsp3) is 0.643. The van der Waals surface area contributed by atoms with Crippen molar-refractivity contribution >= 4 is 31.4 Å². The van der Waals surface area contributed by atoms with Gasteiger partial charge in [0.25, 0.3) is 5.91 Å². The first kappa shape index (κ1) is 20.2. The van der Waals surface area contributed by atoms with E-state index in [1.54, 1.807) is 25.6 Å². The number of hydrogen-bond donors (Lipinski definition) is 2. The van der Waals surface area contributed by atoms with E-state index in [1.807, 2.05) is 0 Å². The van der Waals surface area contributed by atoms with Gasteiger partial charge < -0.3 is 10.1 Å². The van der Waals surface area contributed by atoms with Crippen LogP contribution in [0.4, 0.5) is 0 Å². The number of carbonyl (C=O) groups is 2. The maximum absolute atomic E-state index is 12.3. The smallest absolute Gasteiger partial charge is 0.460 e. The first-order valence-corrected chi connectivity index (χ1v) is 9.94. The van der Waals surface area contributed by atoms with Gasteiger partial charge >= 0.3 is 14.1 Å². The second-order valence-corrected chi connectivity index (χ2v) is 8.81. The van der Waals surface area contributed by atoms with Crippen LogP contribution >= 0.6 is 19.5 Å². The fourth-order valence-corrected chi connectivity index (χ4v) is 3.95. The maximum atomic E-state index is 12.3. The molecule has 1 saturated heterocycles. The van der Waals surface area contributed by atoms with Gasteiger partial charge in [0.05, 0.1) is 23.9 Å². The second kappa shape index (κ2) is 8.48. The van der Waals surface area contributed by atoms with Gasteiger partial charge in [0, 0.05) is 18.2 Å². The zero-order chi connectivity index (χ0) is 18.5. The summed E-state index contributed by atoms with van der Waals surface area (Å²) in [7, 11) is -2.23. The van der Waals surface area contributed by atoms with Crippen LogP contribution in [0.2, 0.25) is 0 Å². The Morgan fingerprint density at radius 2 is 2.32 bits per heavy atom. The van der Waals surface area contributed by atoms with Gasteiger partial charge in [-0.15, -0.1) is 15.9 Å². The number of thiazole rings is 1. The topological polar surface area (TPSA) is 116 Å². The molecule has 2 heterocycles. The molecule has 25 heavy (non-hydrogen) atoms. The first-order chi connectivity index (χ1) is 11.8. The van der Waals surface area contributed by atoms with Gasteiger partial charge in [0.15, 0.2) is 6.10 Å². The minimum atomic E-state index is -3.48. The van der Waals surface area contributed by atoms with Gasteiger partial charge in [0.1, 0.15) is 13.2 Å². The lowest BCUT2D eigenvalue weighted by molar-refractivity contribution is -0.146. The van der Waals surface area contributed by atoms with Gasteiger partial charge in [-0.1, -0.05) is 13.8 Å². The first-order valence-electron chi connectivity index (χ1n) is 7.57. The summed E-state index contributed by atoms with van der Waals surface area (Å²) in [6, 6.07) is 0. The minimum absolute atomic E-state index is 0.0257. The van der Waals surface area contributed by atoms with Crippen molar-refractivity contribution in [3.05, 3.63) is 16.6 Å². The molecule has 2 rings (SSSR count). The van der Waals surface area contributed by atoms with E-state index in [9.17, 15) is 14.5 Å². The van der Waals surface area contributed by atoms with E-state index in [4.69, 9.17) is 18.3 Å². The van der Waals surface area contributed by atoms with Crippen molar-refractivity contribution in [2.45, 2.75) is 33.0 Å². The third kappa shape index (κ3) is 5.67. The molecule has 1 aliphatic rings. The molecule has 0 bridgehead atoms. The summed E-state index contributed by atoms with van der Waals surface area (Å²) >= 11 is 1.40. The molecule has 0 saturated carbocycles. The van der Waals surface area contributed by atoms with Gasteiger partial charge in [-0.2, -0.15) is 13.9 Å². The number of nitrogens with zero attached hydrogens (tertiary/aromatic N) is 1. The molecule has 1 aromatic rings. The molecule has 1 amide bonds. The highest BCUT2D eigenvalue weighted by Gasteiger charge is 2.58. The molecule has 1 aliphatic heterocycles. The van der Waals surface area contributed by atoms with Crippen LogP contribution < -0.4 is 5.32 Å². The Hall–Kier alpha value is -1.16. The summed E-state index contributed by atoms with van der Waals surface area (Å²) in [5.41, 5.74) is 1.00. The molecular formula is C14H22N2O7PS+. The monoisotopic (exact) mass is 393 g/mol. The Morgan fingerprint density at radius 3 is 2.96 bits per heavy atom.